The quantitative estimate of drug-likeness (QED) is 0.601. The van der Waals surface area contributed by atoms with E-state index in [0.717, 1.165) is 5.56 Å². The van der Waals surface area contributed by atoms with Crippen molar-refractivity contribution in [3.8, 4) is 11.3 Å². The lowest BCUT2D eigenvalue weighted by Crippen LogP contribution is -2.14. The molecule has 8 heteroatoms. The highest BCUT2D eigenvalue weighted by Crippen LogP contribution is 2.23. The number of rotatable bonds is 3. The van der Waals surface area contributed by atoms with E-state index in [9.17, 15) is 4.79 Å². The van der Waals surface area contributed by atoms with Gasteiger partial charge in [-0.2, -0.15) is 5.10 Å². The third-order valence-corrected chi connectivity index (χ3v) is 3.24. The summed E-state index contributed by atoms with van der Waals surface area (Å²) in [5.74, 6) is -0.110. The molecule has 0 aliphatic carbocycles. The number of nitrogens with one attached hydrogen (secondary N) is 2. The van der Waals surface area contributed by atoms with E-state index in [-0.39, 0.29) is 5.69 Å². The third-order valence-electron chi connectivity index (χ3n) is 3.24. The Kier molecular flexibility index (Phi) is 3.05. The Morgan fingerprint density at radius 1 is 1.17 bits per heavy atom. The molecular formula is C15H10N6O2. The molecule has 0 radical (unpaired) electrons. The van der Waals surface area contributed by atoms with Crippen molar-refractivity contribution in [1.29, 1.82) is 0 Å². The summed E-state index contributed by atoms with van der Waals surface area (Å²) in [5, 5.41) is 13.2. The number of carbonyl (C=O) groups excluding carboxylic acids is 1. The van der Waals surface area contributed by atoms with Crippen molar-refractivity contribution < 1.29 is 9.32 Å². The maximum absolute atomic E-state index is 12.2. The van der Waals surface area contributed by atoms with E-state index >= 15 is 0 Å². The molecule has 8 nitrogen and oxygen atoms in total. The largest absolute Gasteiger partial charge is 0.363 e. The van der Waals surface area contributed by atoms with Crippen molar-refractivity contribution in [2.45, 2.75) is 0 Å². The molecule has 0 spiro atoms. The summed E-state index contributed by atoms with van der Waals surface area (Å²) in [6.45, 7) is 0. The van der Waals surface area contributed by atoms with Crippen LogP contribution in [0.4, 0.5) is 5.82 Å². The molecule has 0 saturated heterocycles. The van der Waals surface area contributed by atoms with Gasteiger partial charge in [-0.15, -0.1) is 0 Å². The fourth-order valence-corrected chi connectivity index (χ4v) is 2.17. The molecule has 0 atom stereocenters. The van der Waals surface area contributed by atoms with E-state index < -0.39 is 5.91 Å². The fraction of sp³-hybridized carbons (Fsp3) is 0. The van der Waals surface area contributed by atoms with Crippen LogP contribution in [0.5, 0.6) is 0 Å². The van der Waals surface area contributed by atoms with Crippen LogP contribution in [0.2, 0.25) is 0 Å². The summed E-state index contributed by atoms with van der Waals surface area (Å²) in [7, 11) is 0. The summed E-state index contributed by atoms with van der Waals surface area (Å²) in [6, 6.07) is 11.1. The molecule has 3 heterocycles. The second-order valence-corrected chi connectivity index (χ2v) is 4.73. The first kappa shape index (κ1) is 13.1. The average Bonchev–Trinajstić information content (AvgIpc) is 3.24. The number of anilines is 1. The first-order valence-electron chi connectivity index (χ1n) is 6.79. The summed E-state index contributed by atoms with van der Waals surface area (Å²) < 4.78 is 4.67. The van der Waals surface area contributed by atoms with Crippen LogP contribution in [0, 0.1) is 0 Å². The second-order valence-electron chi connectivity index (χ2n) is 4.73. The standard InChI is InChI=1S/C15H10N6O2/c22-15(18-11-6-7-23-21-11)10-8-16-14-13(17-10)12(19-20-14)9-4-2-1-3-5-9/h1-8H,(H,16,19,20)(H,18,21,22). The lowest BCUT2D eigenvalue weighted by Gasteiger charge is -2.01. The zero-order valence-electron chi connectivity index (χ0n) is 11.7. The number of fused-ring (bicyclic) bond motifs is 1. The van der Waals surface area contributed by atoms with Gasteiger partial charge in [-0.05, 0) is 0 Å². The number of carbonyl (C=O) groups is 1. The van der Waals surface area contributed by atoms with Crippen LogP contribution in [0.1, 0.15) is 10.5 Å². The monoisotopic (exact) mass is 306 g/mol. The predicted molar refractivity (Wildman–Crippen MR) is 81.6 cm³/mol. The SMILES string of the molecule is O=C(Nc1ccon1)c1cnc2n[nH]c(-c3ccccc3)c2n1. The molecule has 0 fully saturated rings. The van der Waals surface area contributed by atoms with Crippen LogP contribution < -0.4 is 5.32 Å². The van der Waals surface area contributed by atoms with Gasteiger partial charge < -0.3 is 9.84 Å². The van der Waals surface area contributed by atoms with Crippen molar-refractivity contribution >= 4 is 22.9 Å². The molecule has 23 heavy (non-hydrogen) atoms. The Morgan fingerprint density at radius 3 is 2.83 bits per heavy atom. The highest BCUT2D eigenvalue weighted by atomic mass is 16.5. The Labute approximate surface area is 129 Å². The molecule has 4 aromatic rings. The van der Waals surface area contributed by atoms with Crippen LogP contribution in [-0.4, -0.2) is 31.2 Å². The fourth-order valence-electron chi connectivity index (χ4n) is 2.17. The third kappa shape index (κ3) is 2.42. The molecule has 0 aliphatic rings. The molecule has 112 valence electrons. The average molecular weight is 306 g/mol. The van der Waals surface area contributed by atoms with Gasteiger partial charge >= 0.3 is 0 Å². The normalized spacial score (nSPS) is 10.8. The number of hydrogen-bond donors (Lipinski definition) is 2. The molecule has 1 aromatic carbocycles. The number of H-pyrrole nitrogens is 1. The van der Waals surface area contributed by atoms with Crippen molar-refractivity contribution in [3.63, 3.8) is 0 Å². The zero-order valence-corrected chi connectivity index (χ0v) is 11.7. The van der Waals surface area contributed by atoms with Crippen LogP contribution in [-0.2, 0) is 0 Å². The molecule has 0 aliphatic heterocycles. The van der Waals surface area contributed by atoms with E-state index in [1.54, 1.807) is 0 Å². The van der Waals surface area contributed by atoms with Gasteiger partial charge in [0.25, 0.3) is 5.91 Å². The van der Waals surface area contributed by atoms with E-state index in [1.165, 1.54) is 18.5 Å². The molecule has 4 rings (SSSR count). The molecule has 2 N–H and O–H groups in total. The van der Waals surface area contributed by atoms with E-state index in [4.69, 9.17) is 0 Å². The minimum atomic E-state index is -0.423. The Hall–Kier alpha value is -3.55. The molecule has 3 aromatic heterocycles. The first-order chi connectivity index (χ1) is 11.3. The Balaban J connectivity index is 1.74. The van der Waals surface area contributed by atoms with Gasteiger partial charge in [0.15, 0.2) is 11.5 Å². The van der Waals surface area contributed by atoms with Crippen molar-refractivity contribution in [2.24, 2.45) is 0 Å². The van der Waals surface area contributed by atoms with Gasteiger partial charge in [0.05, 0.1) is 11.9 Å². The lowest BCUT2D eigenvalue weighted by atomic mass is 10.1. The number of aromatic amines is 1. The van der Waals surface area contributed by atoms with Gasteiger partial charge in [0.2, 0.25) is 0 Å². The number of hydrogen-bond acceptors (Lipinski definition) is 6. The van der Waals surface area contributed by atoms with Gasteiger partial charge in [0.1, 0.15) is 17.5 Å². The van der Waals surface area contributed by atoms with E-state index in [1.807, 2.05) is 30.3 Å². The molecular weight excluding hydrogens is 296 g/mol. The highest BCUT2D eigenvalue weighted by Gasteiger charge is 2.15. The summed E-state index contributed by atoms with van der Waals surface area (Å²) in [5.41, 5.74) is 2.77. The second kappa shape index (κ2) is 5.34. The molecule has 1 amide bonds. The van der Waals surface area contributed by atoms with Gasteiger partial charge in [0, 0.05) is 11.6 Å². The van der Waals surface area contributed by atoms with Crippen LogP contribution in [0.15, 0.2) is 53.4 Å². The Morgan fingerprint density at radius 2 is 2.04 bits per heavy atom. The molecule has 0 unspecified atom stereocenters. The van der Waals surface area contributed by atoms with Crippen LogP contribution in [0.25, 0.3) is 22.4 Å². The predicted octanol–water partition coefficient (Wildman–Crippen LogP) is 2.26. The molecule has 0 bridgehead atoms. The topological polar surface area (TPSA) is 110 Å². The number of benzene rings is 1. The zero-order chi connectivity index (χ0) is 15.6. The van der Waals surface area contributed by atoms with Gasteiger partial charge in [-0.3, -0.25) is 9.89 Å². The smallest absolute Gasteiger partial charge is 0.277 e. The van der Waals surface area contributed by atoms with Crippen molar-refractivity contribution in [3.05, 3.63) is 54.6 Å². The van der Waals surface area contributed by atoms with Crippen LogP contribution >= 0.6 is 0 Å². The number of amides is 1. The summed E-state index contributed by atoms with van der Waals surface area (Å²) >= 11 is 0. The maximum Gasteiger partial charge on any atom is 0.277 e. The first-order valence-corrected chi connectivity index (χ1v) is 6.79. The van der Waals surface area contributed by atoms with E-state index in [2.05, 4.69) is 35.2 Å². The van der Waals surface area contributed by atoms with Crippen LogP contribution in [0.3, 0.4) is 0 Å². The Bertz CT molecular complexity index is 962. The van der Waals surface area contributed by atoms with Crippen molar-refractivity contribution in [1.82, 2.24) is 25.3 Å². The number of aromatic nitrogens is 5. The maximum atomic E-state index is 12.2. The highest BCUT2D eigenvalue weighted by molar-refractivity contribution is 6.03. The van der Waals surface area contributed by atoms with E-state index in [0.29, 0.717) is 22.7 Å². The van der Waals surface area contributed by atoms with Gasteiger partial charge in [-0.25, -0.2) is 9.97 Å². The minimum Gasteiger partial charge on any atom is -0.363 e. The summed E-state index contributed by atoms with van der Waals surface area (Å²) in [4.78, 5) is 20.7. The lowest BCUT2D eigenvalue weighted by molar-refractivity contribution is 0.102. The summed E-state index contributed by atoms with van der Waals surface area (Å²) in [6.07, 6.45) is 2.74. The van der Waals surface area contributed by atoms with Crippen molar-refractivity contribution in [2.75, 3.05) is 5.32 Å². The minimum absolute atomic E-state index is 0.166. The molecule has 0 saturated carbocycles. The number of nitrogens with zero attached hydrogens (tertiary/aromatic N) is 4. The van der Waals surface area contributed by atoms with Gasteiger partial charge in [-0.1, -0.05) is 35.5 Å².